The molecule has 4 aliphatic carbocycles. The van der Waals surface area contributed by atoms with E-state index in [1.165, 1.54) is 69.4 Å². The molecule has 0 saturated heterocycles. The number of benzene rings is 1. The number of hydrogen-bond donors (Lipinski definition) is 3. The molecule has 3 N–H and O–H groups in total. The van der Waals surface area contributed by atoms with Crippen LogP contribution in [0.15, 0.2) is 24.3 Å². The molecule has 0 aromatic heterocycles. The zero-order valence-corrected chi connectivity index (χ0v) is 22.1. The van der Waals surface area contributed by atoms with Crippen molar-refractivity contribution in [2.75, 3.05) is 0 Å². The Morgan fingerprint density at radius 1 is 0.794 bits per heavy atom. The van der Waals surface area contributed by atoms with Gasteiger partial charge in [-0.3, -0.25) is 0 Å². The molecule has 3 nitrogen and oxygen atoms in total. The Kier molecular flexibility index (Phi) is 5.44. The third-order valence-corrected chi connectivity index (χ3v) is 12.8. The minimum atomic E-state index is -0.248. The van der Waals surface area contributed by atoms with E-state index in [9.17, 15) is 15.3 Å². The van der Waals surface area contributed by atoms with Gasteiger partial charge in [0.2, 0.25) is 0 Å². The molecule has 1 aromatic rings. The predicted molar refractivity (Wildman–Crippen MR) is 138 cm³/mol. The Morgan fingerprint density at radius 3 is 2.15 bits per heavy atom. The lowest BCUT2D eigenvalue weighted by Crippen LogP contribution is -2.64. The summed E-state index contributed by atoms with van der Waals surface area (Å²) in [5.74, 6) is 2.25. The number of rotatable bonds is 2. The second kappa shape index (κ2) is 7.68. The van der Waals surface area contributed by atoms with Gasteiger partial charge in [-0.05, 0) is 121 Å². The summed E-state index contributed by atoms with van der Waals surface area (Å²) in [5.41, 5.74) is 3.40. The summed E-state index contributed by atoms with van der Waals surface area (Å²) < 4.78 is 0. The van der Waals surface area contributed by atoms with Gasteiger partial charge in [-0.1, -0.05) is 46.8 Å². The van der Waals surface area contributed by atoms with Crippen LogP contribution in [0.5, 0.6) is 17.2 Å². The monoisotopic (exact) mass is 466 g/mol. The molecule has 0 radical (unpaired) electrons. The molecule has 8 atom stereocenters. The van der Waals surface area contributed by atoms with E-state index in [2.05, 4.69) is 41.2 Å². The van der Waals surface area contributed by atoms with Crippen molar-refractivity contribution in [3.63, 3.8) is 0 Å². The molecule has 8 unspecified atom stereocenters. The van der Waals surface area contributed by atoms with Gasteiger partial charge in [-0.15, -0.1) is 0 Å². The molecule has 5 rings (SSSR count). The van der Waals surface area contributed by atoms with Crippen molar-refractivity contribution < 1.29 is 15.3 Å². The Balaban J connectivity index is 1.51. The van der Waals surface area contributed by atoms with Crippen LogP contribution >= 0.6 is 0 Å². The Morgan fingerprint density at radius 2 is 1.41 bits per heavy atom. The van der Waals surface area contributed by atoms with E-state index < -0.39 is 0 Å². The van der Waals surface area contributed by atoms with Gasteiger partial charge < -0.3 is 15.3 Å². The molecule has 188 valence electrons. The van der Waals surface area contributed by atoms with Crippen molar-refractivity contribution >= 4 is 0 Å². The molecule has 1 aromatic carbocycles. The van der Waals surface area contributed by atoms with Crippen LogP contribution in [0, 0.1) is 45.3 Å². The van der Waals surface area contributed by atoms with Crippen LogP contribution in [0.3, 0.4) is 0 Å². The first kappa shape index (κ1) is 24.1. The van der Waals surface area contributed by atoms with Gasteiger partial charge in [-0.2, -0.15) is 0 Å². The Hall–Kier alpha value is -1.64. The van der Waals surface area contributed by atoms with Gasteiger partial charge in [0.15, 0.2) is 11.5 Å². The molecule has 0 bridgehead atoms. The van der Waals surface area contributed by atoms with Crippen LogP contribution in [-0.2, 0) is 6.42 Å². The molecule has 3 heteroatoms. The SMILES string of the molecule is C=C1CCCC2(C)C3CCC4(C)C(Cc5cc(O)c(O)cc5O)C(C)CCC4(C)C3CCC12C. The first-order chi connectivity index (χ1) is 15.9. The molecule has 4 fully saturated rings. The summed E-state index contributed by atoms with van der Waals surface area (Å²) in [6.45, 7) is 17.3. The van der Waals surface area contributed by atoms with Crippen molar-refractivity contribution in [1.29, 1.82) is 0 Å². The smallest absolute Gasteiger partial charge is 0.161 e. The van der Waals surface area contributed by atoms with E-state index >= 15 is 0 Å². The molecule has 0 heterocycles. The highest BCUT2D eigenvalue weighted by molar-refractivity contribution is 5.48. The first-order valence-electron chi connectivity index (χ1n) is 13.8. The lowest BCUT2D eigenvalue weighted by Gasteiger charge is -2.71. The second-order valence-corrected chi connectivity index (χ2v) is 13.6. The van der Waals surface area contributed by atoms with E-state index in [4.69, 9.17) is 0 Å². The lowest BCUT2D eigenvalue weighted by atomic mass is 9.33. The zero-order valence-electron chi connectivity index (χ0n) is 22.1. The second-order valence-electron chi connectivity index (χ2n) is 13.6. The van der Waals surface area contributed by atoms with E-state index in [-0.39, 0.29) is 33.5 Å². The maximum atomic E-state index is 10.6. The van der Waals surface area contributed by atoms with Crippen molar-refractivity contribution in [3.8, 4) is 17.2 Å². The third-order valence-electron chi connectivity index (χ3n) is 12.8. The number of phenolic OH excluding ortho intramolecular Hbond substituents is 3. The fourth-order valence-electron chi connectivity index (χ4n) is 10.1. The van der Waals surface area contributed by atoms with Crippen LogP contribution in [0.25, 0.3) is 0 Å². The molecule has 0 aliphatic heterocycles. The molecule has 4 aliphatic rings. The summed E-state index contributed by atoms with van der Waals surface area (Å²) in [7, 11) is 0. The summed E-state index contributed by atoms with van der Waals surface area (Å²) in [4.78, 5) is 0. The molecule has 0 spiro atoms. The number of phenols is 3. The van der Waals surface area contributed by atoms with E-state index in [1.807, 2.05) is 0 Å². The highest BCUT2D eigenvalue weighted by atomic mass is 16.3. The minimum absolute atomic E-state index is 0.105. The number of aromatic hydroxyl groups is 3. The number of allylic oxidation sites excluding steroid dienone is 1. The molecule has 0 amide bonds. The summed E-state index contributed by atoms with van der Waals surface area (Å²) in [5, 5.41) is 30.6. The summed E-state index contributed by atoms with van der Waals surface area (Å²) >= 11 is 0. The van der Waals surface area contributed by atoms with Crippen molar-refractivity contribution in [2.45, 2.75) is 98.8 Å². The molecular weight excluding hydrogens is 420 g/mol. The Bertz CT molecular complexity index is 999. The van der Waals surface area contributed by atoms with Crippen molar-refractivity contribution in [3.05, 3.63) is 29.8 Å². The zero-order chi connectivity index (χ0) is 24.7. The van der Waals surface area contributed by atoms with Gasteiger partial charge in [-0.25, -0.2) is 0 Å². The number of hydrogen-bond acceptors (Lipinski definition) is 3. The fraction of sp³-hybridized carbons (Fsp3) is 0.742. The van der Waals surface area contributed by atoms with Gasteiger partial charge in [0.05, 0.1) is 0 Å². The van der Waals surface area contributed by atoms with Gasteiger partial charge in [0, 0.05) is 6.07 Å². The van der Waals surface area contributed by atoms with Gasteiger partial charge in [0.1, 0.15) is 5.75 Å². The summed E-state index contributed by atoms with van der Waals surface area (Å²) in [6.07, 6.45) is 12.3. The van der Waals surface area contributed by atoms with Crippen LogP contribution < -0.4 is 0 Å². The standard InChI is InChI=1S/C31H46O3/c1-19-9-13-30(5)23-10-14-28(3)20(2)8-7-12-29(28,4)22(23)11-15-31(30,6)24(19)16-21-17-26(33)27(34)18-25(21)32/h17-19,22-24,32-34H,2,7-16H2,1,3-6H3. The highest BCUT2D eigenvalue weighted by Crippen LogP contribution is 2.75. The summed E-state index contributed by atoms with van der Waals surface area (Å²) in [6, 6.07) is 2.88. The van der Waals surface area contributed by atoms with E-state index in [0.717, 1.165) is 23.8 Å². The first-order valence-corrected chi connectivity index (χ1v) is 13.8. The van der Waals surface area contributed by atoms with Crippen LogP contribution in [-0.4, -0.2) is 15.3 Å². The number of fused-ring (bicyclic) bond motifs is 5. The normalized spacial score (nSPS) is 46.3. The quantitative estimate of drug-likeness (QED) is 0.235. The maximum Gasteiger partial charge on any atom is 0.161 e. The molecule has 4 saturated carbocycles. The van der Waals surface area contributed by atoms with Crippen LogP contribution in [0.1, 0.15) is 98.0 Å². The van der Waals surface area contributed by atoms with Crippen LogP contribution in [0.2, 0.25) is 0 Å². The lowest BCUT2D eigenvalue weighted by molar-refractivity contribution is -0.210. The molecular formula is C31H46O3. The Labute approximate surface area is 206 Å². The minimum Gasteiger partial charge on any atom is -0.508 e. The average molecular weight is 467 g/mol. The molecule has 34 heavy (non-hydrogen) atoms. The maximum absolute atomic E-state index is 10.6. The average Bonchev–Trinajstić information content (AvgIpc) is 2.77. The van der Waals surface area contributed by atoms with Crippen molar-refractivity contribution in [2.24, 2.45) is 45.3 Å². The topological polar surface area (TPSA) is 60.7 Å². The fourth-order valence-corrected chi connectivity index (χ4v) is 10.1. The van der Waals surface area contributed by atoms with Gasteiger partial charge >= 0.3 is 0 Å². The predicted octanol–water partition coefficient (Wildman–Crippen LogP) is 7.98. The van der Waals surface area contributed by atoms with E-state index in [1.54, 1.807) is 6.07 Å². The van der Waals surface area contributed by atoms with Crippen LogP contribution in [0.4, 0.5) is 0 Å². The third kappa shape index (κ3) is 3.00. The highest BCUT2D eigenvalue weighted by Gasteiger charge is 2.66. The van der Waals surface area contributed by atoms with Gasteiger partial charge in [0.25, 0.3) is 0 Å². The largest absolute Gasteiger partial charge is 0.508 e. The van der Waals surface area contributed by atoms with E-state index in [0.29, 0.717) is 17.3 Å². The van der Waals surface area contributed by atoms with Crippen molar-refractivity contribution in [1.82, 2.24) is 0 Å².